The number of benzene rings is 2. The highest BCUT2D eigenvalue weighted by Crippen LogP contribution is 2.20. The lowest BCUT2D eigenvalue weighted by atomic mass is 10.1. The number of carbonyl (C=O) groups excluding carboxylic acids is 4. The van der Waals surface area contributed by atoms with Crippen molar-refractivity contribution >= 4 is 46.7 Å². The van der Waals surface area contributed by atoms with E-state index in [1.54, 1.807) is 13.8 Å². The minimum absolute atomic E-state index is 0.0551. The number of hydrogen-bond donors (Lipinski definition) is 2. The maximum atomic E-state index is 13.2. The van der Waals surface area contributed by atoms with Crippen LogP contribution in [0.5, 0.6) is 0 Å². The van der Waals surface area contributed by atoms with Crippen molar-refractivity contribution in [3.8, 4) is 0 Å². The third-order valence-electron chi connectivity index (χ3n) is 5.00. The van der Waals surface area contributed by atoms with Gasteiger partial charge >= 0.3 is 5.97 Å². The number of nitrogens with zero attached hydrogens (tertiary/aromatic N) is 2. The van der Waals surface area contributed by atoms with E-state index >= 15 is 0 Å². The molecule has 0 radical (unpaired) electrons. The molecular formula is C23H23FN4O5S. The molecule has 3 amide bonds. The second kappa shape index (κ2) is 10.8. The summed E-state index contributed by atoms with van der Waals surface area (Å²) in [6.45, 7) is 3.93. The number of likely N-dealkylation sites (N-methyl/N-ethyl adjacent to an activating group) is 1. The lowest BCUT2D eigenvalue weighted by Crippen LogP contribution is -2.49. The number of carbonyl (C=O) groups is 4. The van der Waals surface area contributed by atoms with Crippen molar-refractivity contribution in [3.63, 3.8) is 0 Å². The quantitative estimate of drug-likeness (QED) is 0.436. The molecule has 34 heavy (non-hydrogen) atoms. The van der Waals surface area contributed by atoms with Gasteiger partial charge in [0.25, 0.3) is 11.8 Å². The van der Waals surface area contributed by atoms with Crippen LogP contribution >= 0.6 is 12.2 Å². The first-order valence-electron chi connectivity index (χ1n) is 10.5. The predicted molar refractivity (Wildman–Crippen MR) is 125 cm³/mol. The zero-order valence-electron chi connectivity index (χ0n) is 18.5. The molecule has 0 aliphatic carbocycles. The molecule has 9 nitrogen and oxygen atoms in total. The van der Waals surface area contributed by atoms with Crippen LogP contribution in [0, 0.1) is 5.82 Å². The summed E-state index contributed by atoms with van der Waals surface area (Å²) in [6, 6.07) is 9.91. The Kier molecular flexibility index (Phi) is 7.90. The van der Waals surface area contributed by atoms with E-state index in [-0.39, 0.29) is 30.2 Å². The van der Waals surface area contributed by atoms with E-state index in [1.165, 1.54) is 46.3 Å². The topological polar surface area (TPSA) is 108 Å². The van der Waals surface area contributed by atoms with Gasteiger partial charge in [0, 0.05) is 17.8 Å². The van der Waals surface area contributed by atoms with Gasteiger partial charge in [-0.05, 0) is 74.6 Å². The van der Waals surface area contributed by atoms with Gasteiger partial charge in [-0.1, -0.05) is 0 Å². The van der Waals surface area contributed by atoms with Crippen LogP contribution in [0.25, 0.3) is 0 Å². The molecule has 2 aromatic rings. The van der Waals surface area contributed by atoms with Crippen LogP contribution in [0.2, 0.25) is 0 Å². The van der Waals surface area contributed by atoms with E-state index in [4.69, 9.17) is 17.0 Å². The molecule has 178 valence electrons. The first kappa shape index (κ1) is 24.8. The molecule has 1 aliphatic rings. The Morgan fingerprint density at radius 1 is 1.03 bits per heavy atom. The molecule has 1 atom stereocenters. The van der Waals surface area contributed by atoms with Crippen molar-refractivity contribution < 1.29 is 28.3 Å². The number of rotatable bonds is 8. The Labute approximate surface area is 200 Å². The molecule has 0 bridgehead atoms. The second-order valence-electron chi connectivity index (χ2n) is 7.25. The lowest BCUT2D eigenvalue weighted by molar-refractivity contribution is -0.130. The summed E-state index contributed by atoms with van der Waals surface area (Å²) in [5.74, 6) is -2.50. The molecule has 1 heterocycles. The van der Waals surface area contributed by atoms with E-state index < -0.39 is 35.5 Å². The minimum Gasteiger partial charge on any atom is -0.462 e. The number of hydrogen-bond acceptors (Lipinski definition) is 6. The van der Waals surface area contributed by atoms with Crippen LogP contribution in [0.3, 0.4) is 0 Å². The molecule has 0 spiro atoms. The third kappa shape index (κ3) is 5.54. The van der Waals surface area contributed by atoms with Gasteiger partial charge in [-0.25, -0.2) is 14.2 Å². The number of anilines is 1. The monoisotopic (exact) mass is 486 g/mol. The third-order valence-corrected chi connectivity index (χ3v) is 5.42. The molecule has 0 saturated carbocycles. The molecule has 1 unspecified atom stereocenters. The number of nitrogens with one attached hydrogen (secondary N) is 2. The van der Waals surface area contributed by atoms with Crippen LogP contribution in [-0.2, 0) is 14.3 Å². The zero-order chi connectivity index (χ0) is 24.8. The maximum Gasteiger partial charge on any atom is 0.338 e. The standard InChI is InChI=1S/C23H23FN4O5S/c1-3-27-21(31)18(28(23(27)34)26-20(30)14-5-9-16(24)10-6-14)13-19(29)25-17-11-7-15(8-12-17)22(32)33-4-2/h5-12,18H,3-4,13H2,1-2H3,(H,25,29)(H,26,30). The number of thiocarbonyl (C=S) groups is 1. The van der Waals surface area contributed by atoms with Crippen molar-refractivity contribution in [2.75, 3.05) is 18.5 Å². The summed E-state index contributed by atoms with van der Waals surface area (Å²) in [4.78, 5) is 51.2. The minimum atomic E-state index is -1.06. The van der Waals surface area contributed by atoms with Crippen molar-refractivity contribution in [3.05, 3.63) is 65.5 Å². The number of hydrazine groups is 1. The zero-order valence-corrected chi connectivity index (χ0v) is 19.4. The highest BCUT2D eigenvalue weighted by Gasteiger charge is 2.43. The summed E-state index contributed by atoms with van der Waals surface area (Å²) >= 11 is 5.33. The van der Waals surface area contributed by atoms with Crippen LogP contribution < -0.4 is 10.7 Å². The van der Waals surface area contributed by atoms with Crippen molar-refractivity contribution in [2.24, 2.45) is 0 Å². The number of amides is 3. The molecule has 1 fully saturated rings. The summed E-state index contributed by atoms with van der Waals surface area (Å²) in [5.41, 5.74) is 3.46. The van der Waals surface area contributed by atoms with Crippen molar-refractivity contribution in [2.45, 2.75) is 26.3 Å². The van der Waals surface area contributed by atoms with E-state index in [1.807, 2.05) is 0 Å². The van der Waals surface area contributed by atoms with Crippen LogP contribution in [-0.4, -0.2) is 57.9 Å². The normalized spacial score (nSPS) is 15.3. The Balaban J connectivity index is 1.70. The van der Waals surface area contributed by atoms with Gasteiger partial charge in [0.2, 0.25) is 5.91 Å². The molecule has 2 aromatic carbocycles. The molecule has 3 rings (SSSR count). The fourth-order valence-corrected chi connectivity index (χ4v) is 3.70. The summed E-state index contributed by atoms with van der Waals surface area (Å²) in [5, 5.41) is 3.89. The van der Waals surface area contributed by atoms with Gasteiger partial charge in [0.15, 0.2) is 5.11 Å². The summed E-state index contributed by atoms with van der Waals surface area (Å²) in [6.07, 6.45) is -0.293. The first-order chi connectivity index (χ1) is 16.2. The van der Waals surface area contributed by atoms with E-state index in [0.717, 1.165) is 12.1 Å². The number of ether oxygens (including phenoxy) is 1. The highest BCUT2D eigenvalue weighted by molar-refractivity contribution is 7.80. The smallest absolute Gasteiger partial charge is 0.338 e. The van der Waals surface area contributed by atoms with E-state index in [9.17, 15) is 23.6 Å². The van der Waals surface area contributed by atoms with Crippen LogP contribution in [0.4, 0.5) is 10.1 Å². The van der Waals surface area contributed by atoms with Gasteiger partial charge in [-0.3, -0.25) is 24.7 Å². The number of halogens is 1. The fourth-order valence-electron chi connectivity index (χ4n) is 3.31. The SMILES string of the molecule is CCOC(=O)c1ccc(NC(=O)CC2C(=O)N(CC)C(=S)N2NC(=O)c2ccc(F)cc2)cc1. The lowest BCUT2D eigenvalue weighted by Gasteiger charge is -2.24. The Bertz CT molecular complexity index is 1110. The Hall–Kier alpha value is -3.86. The fraction of sp³-hybridized carbons (Fsp3) is 0.261. The first-order valence-corrected chi connectivity index (χ1v) is 10.9. The molecule has 11 heteroatoms. The van der Waals surface area contributed by atoms with Gasteiger partial charge in [0.05, 0.1) is 18.6 Å². The van der Waals surface area contributed by atoms with Crippen LogP contribution in [0.15, 0.2) is 48.5 Å². The predicted octanol–water partition coefficient (Wildman–Crippen LogP) is 2.49. The molecule has 1 saturated heterocycles. The second-order valence-corrected chi connectivity index (χ2v) is 7.61. The Morgan fingerprint density at radius 3 is 2.24 bits per heavy atom. The van der Waals surface area contributed by atoms with Gasteiger partial charge in [-0.2, -0.15) is 0 Å². The molecule has 1 aliphatic heterocycles. The van der Waals surface area contributed by atoms with Crippen molar-refractivity contribution in [1.29, 1.82) is 0 Å². The van der Waals surface area contributed by atoms with E-state index in [0.29, 0.717) is 11.3 Å². The van der Waals surface area contributed by atoms with E-state index in [2.05, 4.69) is 10.7 Å². The molecule has 2 N–H and O–H groups in total. The molecule has 0 aromatic heterocycles. The van der Waals surface area contributed by atoms with Crippen LogP contribution in [0.1, 0.15) is 41.0 Å². The van der Waals surface area contributed by atoms with Gasteiger partial charge in [-0.15, -0.1) is 0 Å². The maximum absolute atomic E-state index is 13.2. The highest BCUT2D eigenvalue weighted by atomic mass is 32.1. The summed E-state index contributed by atoms with van der Waals surface area (Å²) < 4.78 is 18.1. The summed E-state index contributed by atoms with van der Waals surface area (Å²) in [7, 11) is 0. The average Bonchev–Trinajstić information content (AvgIpc) is 3.03. The average molecular weight is 487 g/mol. The van der Waals surface area contributed by atoms with Gasteiger partial charge < -0.3 is 10.1 Å². The largest absolute Gasteiger partial charge is 0.462 e. The van der Waals surface area contributed by atoms with Gasteiger partial charge in [0.1, 0.15) is 11.9 Å². The van der Waals surface area contributed by atoms with Crippen molar-refractivity contribution in [1.82, 2.24) is 15.3 Å². The molecular weight excluding hydrogens is 463 g/mol. The Morgan fingerprint density at radius 2 is 1.65 bits per heavy atom. The number of esters is 1.